The van der Waals surface area contributed by atoms with Crippen LogP contribution >= 0.6 is 0 Å². The van der Waals surface area contributed by atoms with Crippen molar-refractivity contribution >= 4 is 5.97 Å². The first-order chi connectivity index (χ1) is 8.61. The fourth-order valence-corrected chi connectivity index (χ4v) is 1.93. The normalized spacial score (nSPS) is 12.2. The van der Waals surface area contributed by atoms with E-state index in [1.807, 2.05) is 13.8 Å². The van der Waals surface area contributed by atoms with Crippen molar-refractivity contribution in [1.29, 1.82) is 5.26 Å². The van der Waals surface area contributed by atoms with Gasteiger partial charge in [0.2, 0.25) is 0 Å². The SMILES string of the molecule is CCCCC(CCCCCC#N)C(=O)OC(C)C. The van der Waals surface area contributed by atoms with Crippen molar-refractivity contribution in [1.82, 2.24) is 0 Å². The van der Waals surface area contributed by atoms with Crippen LogP contribution in [0.25, 0.3) is 0 Å². The van der Waals surface area contributed by atoms with Gasteiger partial charge in [-0.3, -0.25) is 4.79 Å². The Morgan fingerprint density at radius 3 is 2.39 bits per heavy atom. The molecule has 0 aliphatic carbocycles. The summed E-state index contributed by atoms with van der Waals surface area (Å²) in [5, 5.41) is 8.45. The topological polar surface area (TPSA) is 50.1 Å². The minimum Gasteiger partial charge on any atom is -0.463 e. The van der Waals surface area contributed by atoms with Crippen molar-refractivity contribution in [2.75, 3.05) is 0 Å². The van der Waals surface area contributed by atoms with Gasteiger partial charge >= 0.3 is 5.97 Å². The summed E-state index contributed by atoms with van der Waals surface area (Å²) in [5.74, 6) is 0.00756. The maximum Gasteiger partial charge on any atom is 0.309 e. The molecule has 0 heterocycles. The van der Waals surface area contributed by atoms with Gasteiger partial charge in [-0.2, -0.15) is 5.26 Å². The first-order valence-corrected chi connectivity index (χ1v) is 7.19. The highest BCUT2D eigenvalue weighted by atomic mass is 16.5. The summed E-state index contributed by atoms with van der Waals surface area (Å²) in [4.78, 5) is 11.9. The lowest BCUT2D eigenvalue weighted by Crippen LogP contribution is -2.21. The third kappa shape index (κ3) is 9.04. The zero-order valence-electron chi connectivity index (χ0n) is 12.1. The van der Waals surface area contributed by atoms with Crippen LogP contribution in [0.3, 0.4) is 0 Å². The summed E-state index contributed by atoms with van der Waals surface area (Å²) in [5.41, 5.74) is 0. The zero-order valence-corrected chi connectivity index (χ0v) is 12.1. The molecular weight excluding hydrogens is 226 g/mol. The molecule has 18 heavy (non-hydrogen) atoms. The van der Waals surface area contributed by atoms with E-state index in [4.69, 9.17) is 10.00 Å². The number of nitriles is 1. The Kier molecular flexibility index (Phi) is 10.4. The average molecular weight is 253 g/mol. The van der Waals surface area contributed by atoms with Gasteiger partial charge in [0.25, 0.3) is 0 Å². The Balaban J connectivity index is 3.98. The third-order valence-corrected chi connectivity index (χ3v) is 2.93. The predicted octanol–water partition coefficient (Wildman–Crippen LogP) is 4.22. The number of carbonyl (C=O) groups excluding carboxylic acids is 1. The molecule has 0 bridgehead atoms. The molecule has 0 rings (SSSR count). The van der Waals surface area contributed by atoms with Crippen molar-refractivity contribution in [3.8, 4) is 6.07 Å². The maximum absolute atomic E-state index is 11.9. The van der Waals surface area contributed by atoms with Crippen LogP contribution in [0.5, 0.6) is 0 Å². The van der Waals surface area contributed by atoms with E-state index in [1.54, 1.807) is 0 Å². The molecule has 1 atom stereocenters. The number of hydrogen-bond donors (Lipinski definition) is 0. The predicted molar refractivity (Wildman–Crippen MR) is 72.9 cm³/mol. The first-order valence-electron chi connectivity index (χ1n) is 7.19. The molecule has 0 aromatic carbocycles. The van der Waals surface area contributed by atoms with Crippen LogP contribution in [-0.2, 0) is 9.53 Å². The van der Waals surface area contributed by atoms with Crippen LogP contribution < -0.4 is 0 Å². The quantitative estimate of drug-likeness (QED) is 0.432. The number of esters is 1. The summed E-state index contributed by atoms with van der Waals surface area (Å²) in [6.07, 6.45) is 7.61. The molecule has 3 nitrogen and oxygen atoms in total. The summed E-state index contributed by atoms with van der Waals surface area (Å²) < 4.78 is 5.30. The van der Waals surface area contributed by atoms with Gasteiger partial charge in [-0.25, -0.2) is 0 Å². The molecule has 0 amide bonds. The second-order valence-electron chi connectivity index (χ2n) is 5.08. The molecule has 0 aliphatic heterocycles. The summed E-state index contributed by atoms with van der Waals surface area (Å²) >= 11 is 0. The number of carbonyl (C=O) groups is 1. The maximum atomic E-state index is 11.9. The van der Waals surface area contributed by atoms with Crippen LogP contribution in [0.1, 0.15) is 72.1 Å². The summed E-state index contributed by atoms with van der Waals surface area (Å²) in [7, 11) is 0. The van der Waals surface area contributed by atoms with Crippen molar-refractivity contribution in [2.45, 2.75) is 78.2 Å². The van der Waals surface area contributed by atoms with E-state index in [-0.39, 0.29) is 18.0 Å². The molecule has 0 spiro atoms. The highest BCUT2D eigenvalue weighted by Gasteiger charge is 2.19. The second kappa shape index (κ2) is 11.1. The van der Waals surface area contributed by atoms with Crippen LogP contribution in [0.15, 0.2) is 0 Å². The molecule has 0 saturated heterocycles. The molecule has 0 aliphatic rings. The molecule has 0 aromatic heterocycles. The monoisotopic (exact) mass is 253 g/mol. The van der Waals surface area contributed by atoms with E-state index < -0.39 is 0 Å². The van der Waals surface area contributed by atoms with Crippen LogP contribution in [0, 0.1) is 17.2 Å². The van der Waals surface area contributed by atoms with E-state index in [1.165, 1.54) is 0 Å². The smallest absolute Gasteiger partial charge is 0.309 e. The molecular formula is C15H27NO2. The molecule has 104 valence electrons. The van der Waals surface area contributed by atoms with E-state index in [2.05, 4.69) is 13.0 Å². The lowest BCUT2D eigenvalue weighted by Gasteiger charge is -2.17. The minimum atomic E-state index is -0.0428. The Morgan fingerprint density at radius 2 is 1.83 bits per heavy atom. The number of nitrogens with zero attached hydrogens (tertiary/aromatic N) is 1. The van der Waals surface area contributed by atoms with Gasteiger partial charge in [-0.15, -0.1) is 0 Å². The van der Waals surface area contributed by atoms with E-state index in [0.717, 1.165) is 44.9 Å². The van der Waals surface area contributed by atoms with Gasteiger partial charge in [0.05, 0.1) is 18.1 Å². The Bertz CT molecular complexity index is 256. The van der Waals surface area contributed by atoms with Gasteiger partial charge in [-0.1, -0.05) is 32.6 Å². The minimum absolute atomic E-state index is 0.0276. The van der Waals surface area contributed by atoms with E-state index in [9.17, 15) is 4.79 Å². The van der Waals surface area contributed by atoms with E-state index in [0.29, 0.717) is 6.42 Å². The largest absolute Gasteiger partial charge is 0.463 e. The lowest BCUT2D eigenvalue weighted by molar-refractivity contribution is -0.153. The fourth-order valence-electron chi connectivity index (χ4n) is 1.93. The average Bonchev–Trinajstić information content (AvgIpc) is 2.31. The van der Waals surface area contributed by atoms with Gasteiger partial charge in [-0.05, 0) is 33.1 Å². The number of unbranched alkanes of at least 4 members (excludes halogenated alkanes) is 4. The highest BCUT2D eigenvalue weighted by molar-refractivity contribution is 5.72. The molecule has 0 fully saturated rings. The van der Waals surface area contributed by atoms with Gasteiger partial charge in [0, 0.05) is 6.42 Å². The van der Waals surface area contributed by atoms with Gasteiger partial charge in [0.1, 0.15) is 0 Å². The lowest BCUT2D eigenvalue weighted by atomic mass is 9.95. The standard InChI is InChI=1S/C15H27NO2/c1-4-5-10-14(15(17)18-13(2)3)11-8-6-7-9-12-16/h13-14H,4-11H2,1-3H3. The molecule has 3 heteroatoms. The van der Waals surface area contributed by atoms with Crippen LogP contribution in [0.4, 0.5) is 0 Å². The van der Waals surface area contributed by atoms with Crippen molar-refractivity contribution in [3.63, 3.8) is 0 Å². The van der Waals surface area contributed by atoms with Crippen LogP contribution in [-0.4, -0.2) is 12.1 Å². The van der Waals surface area contributed by atoms with Crippen LogP contribution in [0.2, 0.25) is 0 Å². The number of ether oxygens (including phenoxy) is 1. The third-order valence-electron chi connectivity index (χ3n) is 2.93. The van der Waals surface area contributed by atoms with Crippen molar-refractivity contribution in [3.05, 3.63) is 0 Å². The Hall–Kier alpha value is -1.04. The van der Waals surface area contributed by atoms with Crippen molar-refractivity contribution < 1.29 is 9.53 Å². The summed E-state index contributed by atoms with van der Waals surface area (Å²) in [6.45, 7) is 5.92. The summed E-state index contributed by atoms with van der Waals surface area (Å²) in [6, 6.07) is 2.15. The molecule has 0 aromatic rings. The first kappa shape index (κ1) is 17.0. The molecule has 0 radical (unpaired) electrons. The number of hydrogen-bond acceptors (Lipinski definition) is 3. The van der Waals surface area contributed by atoms with Gasteiger partial charge < -0.3 is 4.74 Å². The van der Waals surface area contributed by atoms with Crippen molar-refractivity contribution in [2.24, 2.45) is 5.92 Å². The molecule has 0 N–H and O–H groups in total. The second-order valence-corrected chi connectivity index (χ2v) is 5.08. The number of rotatable bonds is 10. The fraction of sp³-hybridized carbons (Fsp3) is 0.867. The highest BCUT2D eigenvalue weighted by Crippen LogP contribution is 2.19. The Labute approximate surface area is 112 Å². The van der Waals surface area contributed by atoms with Gasteiger partial charge in [0.15, 0.2) is 0 Å². The zero-order chi connectivity index (χ0) is 13.8. The Morgan fingerprint density at radius 1 is 1.17 bits per heavy atom. The van der Waals surface area contributed by atoms with E-state index >= 15 is 0 Å². The molecule has 1 unspecified atom stereocenters. The molecule has 0 saturated carbocycles.